The standard InChI is InChI=1S/C12H16ClNO2S/c1-3-16-7-8(2)14-12(15)10-6-9(17)4-5-11(10)13/h4-6,8,17H,3,7H2,1-2H3,(H,14,15). The number of nitrogens with one attached hydrogen (secondary N) is 1. The number of hydrogen-bond donors (Lipinski definition) is 2. The van der Waals surface area contributed by atoms with E-state index in [0.29, 0.717) is 28.7 Å². The van der Waals surface area contributed by atoms with Crippen LogP contribution in [-0.2, 0) is 4.74 Å². The van der Waals surface area contributed by atoms with Gasteiger partial charge in [0.2, 0.25) is 0 Å². The molecule has 0 aromatic heterocycles. The van der Waals surface area contributed by atoms with Gasteiger partial charge in [-0.25, -0.2) is 0 Å². The van der Waals surface area contributed by atoms with Crippen LogP contribution < -0.4 is 5.32 Å². The van der Waals surface area contributed by atoms with E-state index in [1.54, 1.807) is 18.2 Å². The summed E-state index contributed by atoms with van der Waals surface area (Å²) < 4.78 is 5.22. The maximum absolute atomic E-state index is 11.9. The average molecular weight is 274 g/mol. The number of ether oxygens (including phenoxy) is 1. The minimum Gasteiger partial charge on any atom is -0.380 e. The fourth-order valence-electron chi connectivity index (χ4n) is 1.33. The molecule has 0 aliphatic carbocycles. The normalized spacial score (nSPS) is 12.2. The van der Waals surface area contributed by atoms with Crippen LogP contribution >= 0.6 is 24.2 Å². The minimum atomic E-state index is -0.210. The minimum absolute atomic E-state index is 0.0536. The molecular formula is C12H16ClNO2S. The van der Waals surface area contributed by atoms with Gasteiger partial charge >= 0.3 is 0 Å². The van der Waals surface area contributed by atoms with Crippen molar-refractivity contribution in [2.75, 3.05) is 13.2 Å². The Hall–Kier alpha value is -0.710. The Morgan fingerprint density at radius 1 is 1.59 bits per heavy atom. The summed E-state index contributed by atoms with van der Waals surface area (Å²) in [5, 5.41) is 3.24. The lowest BCUT2D eigenvalue weighted by Gasteiger charge is -2.14. The largest absolute Gasteiger partial charge is 0.380 e. The van der Waals surface area contributed by atoms with E-state index >= 15 is 0 Å². The number of hydrogen-bond acceptors (Lipinski definition) is 3. The molecule has 1 amide bonds. The molecule has 0 radical (unpaired) electrons. The first-order valence-corrected chi connectivity index (χ1v) is 6.24. The van der Waals surface area contributed by atoms with Gasteiger partial charge in [-0.3, -0.25) is 4.79 Å². The maximum Gasteiger partial charge on any atom is 0.253 e. The van der Waals surface area contributed by atoms with E-state index in [-0.39, 0.29) is 11.9 Å². The van der Waals surface area contributed by atoms with Crippen LogP contribution in [0.1, 0.15) is 24.2 Å². The third kappa shape index (κ3) is 4.58. The average Bonchev–Trinajstić information content (AvgIpc) is 2.29. The van der Waals surface area contributed by atoms with Gasteiger partial charge in [-0.15, -0.1) is 12.6 Å². The molecule has 0 spiro atoms. The molecule has 3 nitrogen and oxygen atoms in total. The van der Waals surface area contributed by atoms with Gasteiger partial charge in [0.05, 0.1) is 17.2 Å². The van der Waals surface area contributed by atoms with Crippen LogP contribution in [0.5, 0.6) is 0 Å². The second kappa shape index (κ2) is 6.89. The van der Waals surface area contributed by atoms with Crippen molar-refractivity contribution in [2.45, 2.75) is 24.8 Å². The third-order valence-electron chi connectivity index (χ3n) is 2.14. The summed E-state index contributed by atoms with van der Waals surface area (Å²) in [5.74, 6) is -0.210. The molecule has 1 aromatic carbocycles. The highest BCUT2D eigenvalue weighted by Crippen LogP contribution is 2.19. The number of thiol groups is 1. The molecule has 0 bridgehead atoms. The molecule has 5 heteroatoms. The highest BCUT2D eigenvalue weighted by Gasteiger charge is 2.13. The molecular weight excluding hydrogens is 258 g/mol. The molecule has 0 saturated carbocycles. The predicted molar refractivity (Wildman–Crippen MR) is 72.1 cm³/mol. The van der Waals surface area contributed by atoms with Crippen LogP contribution in [0.25, 0.3) is 0 Å². The second-order valence-corrected chi connectivity index (χ2v) is 4.62. The Bertz CT molecular complexity index is 398. The first-order valence-electron chi connectivity index (χ1n) is 5.41. The van der Waals surface area contributed by atoms with E-state index in [2.05, 4.69) is 17.9 Å². The summed E-state index contributed by atoms with van der Waals surface area (Å²) in [6.45, 7) is 4.91. The molecule has 1 unspecified atom stereocenters. The molecule has 1 rings (SSSR count). The lowest BCUT2D eigenvalue weighted by molar-refractivity contribution is 0.0872. The van der Waals surface area contributed by atoms with Crippen LogP contribution in [0.2, 0.25) is 5.02 Å². The summed E-state index contributed by atoms with van der Waals surface area (Å²) in [6.07, 6.45) is 0. The molecule has 0 aliphatic heterocycles. The molecule has 1 atom stereocenters. The van der Waals surface area contributed by atoms with Crippen molar-refractivity contribution in [2.24, 2.45) is 0 Å². The van der Waals surface area contributed by atoms with Crippen LogP contribution in [0.4, 0.5) is 0 Å². The van der Waals surface area contributed by atoms with Crippen molar-refractivity contribution in [1.29, 1.82) is 0 Å². The molecule has 1 N–H and O–H groups in total. The summed E-state index contributed by atoms with van der Waals surface area (Å²) in [4.78, 5) is 12.6. The van der Waals surface area contributed by atoms with E-state index < -0.39 is 0 Å². The third-order valence-corrected chi connectivity index (χ3v) is 2.75. The topological polar surface area (TPSA) is 38.3 Å². The lowest BCUT2D eigenvalue weighted by Crippen LogP contribution is -2.36. The monoisotopic (exact) mass is 273 g/mol. The van der Waals surface area contributed by atoms with Gasteiger partial charge in [-0.05, 0) is 32.0 Å². The van der Waals surface area contributed by atoms with Gasteiger partial charge in [-0.1, -0.05) is 11.6 Å². The molecule has 0 heterocycles. The number of carbonyl (C=O) groups is 1. The number of halogens is 1. The van der Waals surface area contributed by atoms with E-state index in [4.69, 9.17) is 16.3 Å². The molecule has 94 valence electrons. The molecule has 0 saturated heterocycles. The Balaban J connectivity index is 2.66. The molecule has 0 aliphatic rings. The van der Waals surface area contributed by atoms with Crippen molar-refractivity contribution < 1.29 is 9.53 Å². The molecule has 17 heavy (non-hydrogen) atoms. The second-order valence-electron chi connectivity index (χ2n) is 3.70. The summed E-state index contributed by atoms with van der Waals surface area (Å²) in [7, 11) is 0. The quantitative estimate of drug-likeness (QED) is 0.810. The van der Waals surface area contributed by atoms with Crippen LogP contribution in [0.15, 0.2) is 23.1 Å². The van der Waals surface area contributed by atoms with Crippen molar-refractivity contribution in [3.8, 4) is 0 Å². The van der Waals surface area contributed by atoms with Crippen molar-refractivity contribution in [3.05, 3.63) is 28.8 Å². The number of carbonyl (C=O) groups excluding carboxylic acids is 1. The smallest absolute Gasteiger partial charge is 0.253 e. The number of amides is 1. The van der Waals surface area contributed by atoms with E-state index in [1.807, 2.05) is 13.8 Å². The van der Waals surface area contributed by atoms with Gasteiger partial charge in [0.25, 0.3) is 5.91 Å². The van der Waals surface area contributed by atoms with E-state index in [0.717, 1.165) is 0 Å². The van der Waals surface area contributed by atoms with E-state index in [1.165, 1.54) is 0 Å². The van der Waals surface area contributed by atoms with E-state index in [9.17, 15) is 4.79 Å². The molecule has 1 aromatic rings. The van der Waals surface area contributed by atoms with Crippen molar-refractivity contribution >= 4 is 30.1 Å². The highest BCUT2D eigenvalue weighted by atomic mass is 35.5. The van der Waals surface area contributed by atoms with Crippen LogP contribution in [-0.4, -0.2) is 25.2 Å². The Morgan fingerprint density at radius 2 is 2.29 bits per heavy atom. The zero-order valence-corrected chi connectivity index (χ0v) is 11.5. The number of rotatable bonds is 5. The number of benzene rings is 1. The Morgan fingerprint density at radius 3 is 2.94 bits per heavy atom. The summed E-state index contributed by atoms with van der Waals surface area (Å²) >= 11 is 10.1. The molecule has 0 fully saturated rings. The van der Waals surface area contributed by atoms with Gasteiger partial charge in [0.1, 0.15) is 0 Å². The van der Waals surface area contributed by atoms with Crippen molar-refractivity contribution in [1.82, 2.24) is 5.32 Å². The Kier molecular flexibility index (Phi) is 5.82. The van der Waals surface area contributed by atoms with Gasteiger partial charge in [0, 0.05) is 17.5 Å². The summed E-state index contributed by atoms with van der Waals surface area (Å²) in [6, 6.07) is 4.99. The zero-order chi connectivity index (χ0) is 12.8. The van der Waals surface area contributed by atoms with Gasteiger partial charge in [-0.2, -0.15) is 0 Å². The maximum atomic E-state index is 11.9. The van der Waals surface area contributed by atoms with Gasteiger partial charge in [0.15, 0.2) is 0 Å². The van der Waals surface area contributed by atoms with Crippen LogP contribution in [0, 0.1) is 0 Å². The Labute approximate surface area is 112 Å². The van der Waals surface area contributed by atoms with Crippen LogP contribution in [0.3, 0.4) is 0 Å². The first-order chi connectivity index (χ1) is 8.04. The lowest BCUT2D eigenvalue weighted by atomic mass is 10.2. The zero-order valence-electron chi connectivity index (χ0n) is 9.87. The first kappa shape index (κ1) is 14.4. The SMILES string of the molecule is CCOCC(C)NC(=O)c1cc(S)ccc1Cl. The van der Waals surface area contributed by atoms with Crippen molar-refractivity contribution in [3.63, 3.8) is 0 Å². The predicted octanol–water partition coefficient (Wildman–Crippen LogP) is 2.78. The summed E-state index contributed by atoms with van der Waals surface area (Å²) in [5.41, 5.74) is 0.433. The highest BCUT2D eigenvalue weighted by molar-refractivity contribution is 7.80. The van der Waals surface area contributed by atoms with Gasteiger partial charge < -0.3 is 10.1 Å². The fourth-order valence-corrected chi connectivity index (χ4v) is 1.73. The fraction of sp³-hybridized carbons (Fsp3) is 0.417.